The first-order valence-electron chi connectivity index (χ1n) is 11.6. The molecule has 4 aromatic rings. The number of fused-ring (bicyclic) bond motifs is 2. The van der Waals surface area contributed by atoms with Gasteiger partial charge in [0.1, 0.15) is 11.0 Å². The number of benzene rings is 3. The Bertz CT molecular complexity index is 1590. The third kappa shape index (κ3) is 3.78. The molecule has 0 bridgehead atoms. The molecule has 0 radical (unpaired) electrons. The minimum absolute atomic E-state index is 0.0675. The molecule has 11 heteroatoms. The molecule has 1 N–H and O–H groups in total. The van der Waals surface area contributed by atoms with E-state index in [1.807, 2.05) is 0 Å². The van der Waals surface area contributed by atoms with Crippen LogP contribution in [0.15, 0.2) is 54.1 Å². The summed E-state index contributed by atoms with van der Waals surface area (Å²) in [7, 11) is 4.56. The van der Waals surface area contributed by atoms with Crippen LogP contribution < -0.4 is 23.7 Å². The Morgan fingerprint density at radius 1 is 0.921 bits per heavy atom. The molecule has 3 heterocycles. The van der Waals surface area contributed by atoms with E-state index < -0.39 is 11.8 Å². The van der Waals surface area contributed by atoms with Crippen molar-refractivity contribution in [2.24, 2.45) is 0 Å². The number of carbonyl (C=O) groups is 1. The molecular formula is C27H22N2O8S. The largest absolute Gasteiger partial charge is 0.493 e. The third-order valence-electron chi connectivity index (χ3n) is 6.57. The summed E-state index contributed by atoms with van der Waals surface area (Å²) in [5.41, 5.74) is 3.48. The average Bonchev–Trinajstić information content (AvgIpc) is 3.65. The monoisotopic (exact) mass is 534 g/mol. The van der Waals surface area contributed by atoms with Crippen molar-refractivity contribution in [3.05, 3.63) is 70.8 Å². The van der Waals surface area contributed by atoms with Gasteiger partial charge >= 0.3 is 5.97 Å². The zero-order valence-corrected chi connectivity index (χ0v) is 21.5. The van der Waals surface area contributed by atoms with Crippen molar-refractivity contribution in [3.63, 3.8) is 0 Å². The lowest BCUT2D eigenvalue weighted by atomic mass is 9.87. The van der Waals surface area contributed by atoms with Gasteiger partial charge in [0, 0.05) is 17.6 Å². The predicted octanol–water partition coefficient (Wildman–Crippen LogP) is 3.84. The molecule has 6 rings (SSSR count). The fourth-order valence-corrected chi connectivity index (χ4v) is 5.28. The van der Waals surface area contributed by atoms with E-state index in [1.54, 1.807) is 48.5 Å². The van der Waals surface area contributed by atoms with Gasteiger partial charge in [0.25, 0.3) is 5.79 Å². The van der Waals surface area contributed by atoms with E-state index in [-0.39, 0.29) is 18.8 Å². The highest BCUT2D eigenvalue weighted by Gasteiger charge is 2.48. The van der Waals surface area contributed by atoms with Crippen LogP contribution in [0.5, 0.6) is 28.7 Å². The van der Waals surface area contributed by atoms with Crippen molar-refractivity contribution in [2.75, 3.05) is 28.1 Å². The number of rotatable bonds is 7. The quantitative estimate of drug-likeness (QED) is 0.350. The van der Waals surface area contributed by atoms with E-state index >= 15 is 0 Å². The molecule has 0 aliphatic carbocycles. The van der Waals surface area contributed by atoms with Gasteiger partial charge in [-0.15, -0.1) is 0 Å². The number of aromatic nitrogens is 2. The van der Waals surface area contributed by atoms with Crippen molar-refractivity contribution in [2.45, 2.75) is 12.2 Å². The number of cyclic esters (lactones) is 1. The summed E-state index contributed by atoms with van der Waals surface area (Å²) in [6.07, 6.45) is 0.121. The Balaban J connectivity index is 1.54. The summed E-state index contributed by atoms with van der Waals surface area (Å²) >= 11 is 1.08. The Morgan fingerprint density at radius 2 is 1.66 bits per heavy atom. The van der Waals surface area contributed by atoms with Gasteiger partial charge in [-0.25, -0.2) is 4.79 Å². The summed E-state index contributed by atoms with van der Waals surface area (Å²) in [6.45, 7) is 0.0675. The maximum absolute atomic E-state index is 13.4. The maximum Gasteiger partial charge on any atom is 0.342 e. The van der Waals surface area contributed by atoms with Crippen LogP contribution in [0.25, 0.3) is 16.6 Å². The molecular weight excluding hydrogens is 512 g/mol. The molecule has 0 fully saturated rings. The first kappa shape index (κ1) is 24.0. The van der Waals surface area contributed by atoms with Crippen molar-refractivity contribution in [3.8, 4) is 28.7 Å². The minimum atomic E-state index is -2.08. The number of ether oxygens (including phenoxy) is 6. The number of esters is 1. The lowest BCUT2D eigenvalue weighted by Crippen LogP contribution is -2.29. The Morgan fingerprint density at radius 3 is 2.39 bits per heavy atom. The van der Waals surface area contributed by atoms with Crippen molar-refractivity contribution in [1.29, 1.82) is 0 Å². The number of hydrogen-bond donors (Lipinski definition) is 1. The number of carbonyl (C=O) groups excluding carboxylic acids is 1. The summed E-state index contributed by atoms with van der Waals surface area (Å²) in [5, 5.41) is 12.0. The van der Waals surface area contributed by atoms with Crippen LogP contribution in [-0.2, 0) is 21.7 Å². The summed E-state index contributed by atoms with van der Waals surface area (Å²) < 4.78 is 41.7. The van der Waals surface area contributed by atoms with Crippen molar-refractivity contribution >= 4 is 34.3 Å². The molecule has 1 aromatic heterocycles. The SMILES string of the molecule is COc1cc(CC2=C(c3ccc4nsnc4c3)C(=O)OC2(O)c2ccc3c(c2)OCO3)cc(OC)c1OC. The highest BCUT2D eigenvalue weighted by molar-refractivity contribution is 7.00. The van der Waals surface area contributed by atoms with Crippen LogP contribution in [0.2, 0.25) is 0 Å². The van der Waals surface area contributed by atoms with E-state index in [0.717, 1.165) is 11.7 Å². The molecule has 3 aromatic carbocycles. The van der Waals surface area contributed by atoms with E-state index in [9.17, 15) is 9.90 Å². The van der Waals surface area contributed by atoms with Gasteiger partial charge in [0.2, 0.25) is 12.5 Å². The molecule has 0 saturated carbocycles. The maximum atomic E-state index is 13.4. The number of methoxy groups -OCH3 is 3. The average molecular weight is 535 g/mol. The summed E-state index contributed by atoms with van der Waals surface area (Å²) in [5.74, 6) is -0.453. The molecule has 194 valence electrons. The normalized spacial score (nSPS) is 18.2. The topological polar surface area (TPSA) is 118 Å². The van der Waals surface area contributed by atoms with Gasteiger partial charge in [-0.1, -0.05) is 6.07 Å². The van der Waals surface area contributed by atoms with Crippen LogP contribution in [0.4, 0.5) is 0 Å². The molecule has 2 aliphatic heterocycles. The Hall–Kier alpha value is -4.35. The standard InChI is InChI=1S/C27H22N2O8S/c1-32-22-9-14(10-23(33-2)25(22)34-3)8-17-24(15-4-6-18-19(11-15)29-38-28-18)26(30)37-27(17,31)16-5-7-20-21(12-16)36-13-35-20/h4-7,9-12,31H,8,13H2,1-3H3. The van der Waals surface area contributed by atoms with E-state index in [1.165, 1.54) is 21.3 Å². The van der Waals surface area contributed by atoms with Crippen LogP contribution in [0.3, 0.4) is 0 Å². The van der Waals surface area contributed by atoms with Crippen LogP contribution in [0.1, 0.15) is 16.7 Å². The Labute approximate surface area is 221 Å². The molecule has 38 heavy (non-hydrogen) atoms. The van der Waals surface area contributed by atoms with Gasteiger partial charge in [-0.3, -0.25) is 0 Å². The van der Waals surface area contributed by atoms with Gasteiger partial charge in [-0.05, 0) is 53.6 Å². The minimum Gasteiger partial charge on any atom is -0.493 e. The molecule has 1 atom stereocenters. The summed E-state index contributed by atoms with van der Waals surface area (Å²) in [6, 6.07) is 13.8. The van der Waals surface area contributed by atoms with Gasteiger partial charge < -0.3 is 33.5 Å². The summed E-state index contributed by atoms with van der Waals surface area (Å²) in [4.78, 5) is 13.4. The molecule has 0 amide bonds. The molecule has 10 nitrogen and oxygen atoms in total. The van der Waals surface area contributed by atoms with Gasteiger partial charge in [0.05, 0.1) is 38.6 Å². The fourth-order valence-electron chi connectivity index (χ4n) is 4.76. The van der Waals surface area contributed by atoms with Gasteiger partial charge in [0.15, 0.2) is 23.0 Å². The first-order chi connectivity index (χ1) is 18.4. The predicted molar refractivity (Wildman–Crippen MR) is 137 cm³/mol. The van der Waals surface area contributed by atoms with Crippen molar-refractivity contribution < 1.29 is 38.3 Å². The second kappa shape index (κ2) is 9.19. The van der Waals surface area contributed by atoms with E-state index in [2.05, 4.69) is 8.75 Å². The van der Waals surface area contributed by atoms with Gasteiger partial charge in [-0.2, -0.15) is 8.75 Å². The lowest BCUT2D eigenvalue weighted by molar-refractivity contribution is -0.185. The second-order valence-corrected chi connectivity index (χ2v) is 9.16. The van der Waals surface area contributed by atoms with Crippen LogP contribution in [-0.4, -0.2) is 47.9 Å². The molecule has 0 spiro atoms. The zero-order valence-electron chi connectivity index (χ0n) is 20.6. The molecule has 0 saturated heterocycles. The molecule has 2 aliphatic rings. The fraction of sp³-hybridized carbons (Fsp3) is 0.222. The zero-order chi connectivity index (χ0) is 26.4. The third-order valence-corrected chi connectivity index (χ3v) is 7.12. The van der Waals surface area contributed by atoms with E-state index in [4.69, 9.17) is 28.4 Å². The smallest absolute Gasteiger partial charge is 0.342 e. The van der Waals surface area contributed by atoms with Crippen LogP contribution in [0, 0.1) is 0 Å². The van der Waals surface area contributed by atoms with Crippen molar-refractivity contribution in [1.82, 2.24) is 8.75 Å². The Kier molecular flexibility index (Phi) is 5.81. The second-order valence-electron chi connectivity index (χ2n) is 8.63. The van der Waals surface area contributed by atoms with Crippen LogP contribution >= 0.6 is 11.7 Å². The number of hydrogen-bond acceptors (Lipinski definition) is 11. The first-order valence-corrected chi connectivity index (χ1v) is 12.3. The number of nitrogens with zero attached hydrogens (tertiary/aromatic N) is 2. The molecule has 1 unspecified atom stereocenters. The van der Waals surface area contributed by atoms with E-state index in [0.29, 0.717) is 62.0 Å². The highest BCUT2D eigenvalue weighted by atomic mass is 32.1. The number of aliphatic hydroxyl groups is 1. The lowest BCUT2D eigenvalue weighted by Gasteiger charge is -2.26. The highest BCUT2D eigenvalue weighted by Crippen LogP contribution is 2.48.